The zero-order valence-electron chi connectivity index (χ0n) is 18.7. The van der Waals surface area contributed by atoms with Crippen LogP contribution in [0.2, 0.25) is 0 Å². The van der Waals surface area contributed by atoms with Gasteiger partial charge in [-0.25, -0.2) is 8.78 Å². The Balaban J connectivity index is 1.90. The topological polar surface area (TPSA) is 30.7 Å². The first-order valence-corrected chi connectivity index (χ1v) is 10.5. The van der Waals surface area contributed by atoms with Gasteiger partial charge in [-0.3, -0.25) is 4.57 Å². The minimum Gasteiger partial charge on any atom is -0.276 e. The number of aryl methyl sites for hydroxylation is 2. The lowest BCUT2D eigenvalue weighted by molar-refractivity contribution is -0.288. The summed E-state index contributed by atoms with van der Waals surface area (Å²) in [5.74, 6) is -1.56. The molecule has 0 amide bonds. The van der Waals surface area contributed by atoms with Gasteiger partial charge in [0.2, 0.25) is 5.41 Å². The summed E-state index contributed by atoms with van der Waals surface area (Å²) in [5.41, 5.74) is -6.07. The van der Waals surface area contributed by atoms with Crippen LogP contribution in [0, 0.1) is 25.5 Å². The van der Waals surface area contributed by atoms with Crippen LogP contribution in [-0.2, 0) is 5.41 Å². The molecule has 0 bridgehead atoms. The molecule has 188 valence electrons. The maximum Gasteiger partial charge on any atom is 0.411 e. The number of alkyl halides is 6. The predicted octanol–water partition coefficient (Wildman–Crippen LogP) is 7.24. The fourth-order valence-corrected chi connectivity index (χ4v) is 4.15. The molecule has 0 fully saturated rings. The van der Waals surface area contributed by atoms with Crippen molar-refractivity contribution < 1.29 is 35.1 Å². The number of nitrogens with zero attached hydrogens (tertiary/aromatic N) is 3. The van der Waals surface area contributed by atoms with Gasteiger partial charge in [0.25, 0.3) is 0 Å². The number of halogens is 8. The molecule has 3 aromatic carbocycles. The van der Waals surface area contributed by atoms with Crippen molar-refractivity contribution in [1.29, 1.82) is 0 Å². The standard InChI is InChI=1S/C25H17F8N3/c1-14-3-7-17(8-4-14)23(24(28,29)30,25(31,32)33)18-9-5-16(6-10-18)22-35-34-15(2)36(22)21-13-19(26)11-12-20(21)27/h3-13H,1-2H3. The summed E-state index contributed by atoms with van der Waals surface area (Å²) in [7, 11) is 0. The molecule has 4 rings (SSSR count). The van der Waals surface area contributed by atoms with Gasteiger partial charge in [0.15, 0.2) is 5.82 Å². The molecule has 0 spiro atoms. The summed E-state index contributed by atoms with van der Waals surface area (Å²) in [5, 5.41) is 7.68. The van der Waals surface area contributed by atoms with E-state index in [0.29, 0.717) is 17.7 Å². The third-order valence-electron chi connectivity index (χ3n) is 5.89. The second-order valence-corrected chi connectivity index (χ2v) is 8.19. The Morgan fingerprint density at radius 1 is 0.667 bits per heavy atom. The first kappa shape index (κ1) is 25.3. The van der Waals surface area contributed by atoms with Crippen LogP contribution in [0.5, 0.6) is 0 Å². The van der Waals surface area contributed by atoms with E-state index in [1.807, 2.05) is 0 Å². The first-order chi connectivity index (χ1) is 16.8. The zero-order valence-corrected chi connectivity index (χ0v) is 18.7. The van der Waals surface area contributed by atoms with Crippen molar-refractivity contribution in [2.45, 2.75) is 31.6 Å². The van der Waals surface area contributed by atoms with Crippen molar-refractivity contribution in [2.75, 3.05) is 0 Å². The van der Waals surface area contributed by atoms with Crippen molar-refractivity contribution in [2.24, 2.45) is 0 Å². The van der Waals surface area contributed by atoms with Crippen LogP contribution in [0.3, 0.4) is 0 Å². The van der Waals surface area contributed by atoms with E-state index < -0.39 is 40.5 Å². The average molecular weight is 511 g/mol. The normalized spacial score (nSPS) is 12.7. The molecule has 3 nitrogen and oxygen atoms in total. The lowest BCUT2D eigenvalue weighted by Gasteiger charge is -2.38. The molecule has 1 heterocycles. The zero-order chi connectivity index (χ0) is 26.5. The van der Waals surface area contributed by atoms with Crippen molar-refractivity contribution in [3.05, 3.63) is 101 Å². The van der Waals surface area contributed by atoms with Gasteiger partial charge < -0.3 is 0 Å². The molecule has 0 radical (unpaired) electrons. The van der Waals surface area contributed by atoms with Crippen molar-refractivity contribution in [1.82, 2.24) is 14.8 Å². The van der Waals surface area contributed by atoms with Gasteiger partial charge in [0.05, 0.1) is 5.69 Å². The fourth-order valence-electron chi connectivity index (χ4n) is 4.15. The molecule has 0 N–H and O–H groups in total. The Morgan fingerprint density at radius 2 is 1.19 bits per heavy atom. The highest BCUT2D eigenvalue weighted by molar-refractivity contribution is 5.61. The quantitative estimate of drug-likeness (QED) is 0.271. The summed E-state index contributed by atoms with van der Waals surface area (Å²) in [4.78, 5) is 0. The van der Waals surface area contributed by atoms with Crippen molar-refractivity contribution in [3.8, 4) is 17.1 Å². The summed E-state index contributed by atoms with van der Waals surface area (Å²) in [6.45, 7) is 2.98. The van der Waals surface area contributed by atoms with E-state index in [4.69, 9.17) is 0 Å². The molecule has 4 aromatic rings. The Hall–Kier alpha value is -3.76. The summed E-state index contributed by atoms with van der Waals surface area (Å²) in [6, 6.07) is 10.0. The second-order valence-electron chi connectivity index (χ2n) is 8.19. The van der Waals surface area contributed by atoms with E-state index in [0.717, 1.165) is 47.0 Å². The molecule has 0 saturated carbocycles. The van der Waals surface area contributed by atoms with Gasteiger partial charge in [-0.1, -0.05) is 54.1 Å². The van der Waals surface area contributed by atoms with Crippen LogP contribution < -0.4 is 0 Å². The second kappa shape index (κ2) is 8.72. The Labute approximate surface area is 200 Å². The number of aromatic nitrogens is 3. The number of benzene rings is 3. The van der Waals surface area contributed by atoms with Gasteiger partial charge in [-0.2, -0.15) is 26.3 Å². The van der Waals surface area contributed by atoms with Gasteiger partial charge in [-0.15, -0.1) is 10.2 Å². The molecule has 0 aliphatic heterocycles. The summed E-state index contributed by atoms with van der Waals surface area (Å²) in [6.07, 6.45) is -11.5. The van der Waals surface area contributed by atoms with E-state index in [2.05, 4.69) is 10.2 Å². The predicted molar refractivity (Wildman–Crippen MR) is 116 cm³/mol. The highest BCUT2D eigenvalue weighted by atomic mass is 19.4. The Kier molecular flexibility index (Phi) is 6.14. The lowest BCUT2D eigenvalue weighted by Crippen LogP contribution is -2.54. The van der Waals surface area contributed by atoms with Gasteiger partial charge >= 0.3 is 12.4 Å². The van der Waals surface area contributed by atoms with E-state index in [9.17, 15) is 35.1 Å². The van der Waals surface area contributed by atoms with E-state index in [1.165, 1.54) is 19.1 Å². The van der Waals surface area contributed by atoms with Gasteiger partial charge in [-0.05, 0) is 37.1 Å². The van der Waals surface area contributed by atoms with Crippen molar-refractivity contribution >= 4 is 0 Å². The van der Waals surface area contributed by atoms with Crippen LogP contribution in [0.15, 0.2) is 66.7 Å². The maximum atomic E-state index is 14.4. The molecule has 0 unspecified atom stereocenters. The number of hydrogen-bond acceptors (Lipinski definition) is 2. The van der Waals surface area contributed by atoms with Crippen molar-refractivity contribution in [3.63, 3.8) is 0 Å². The van der Waals surface area contributed by atoms with Crippen LogP contribution in [0.1, 0.15) is 22.5 Å². The van der Waals surface area contributed by atoms with Gasteiger partial charge in [0.1, 0.15) is 17.5 Å². The largest absolute Gasteiger partial charge is 0.411 e. The van der Waals surface area contributed by atoms with Crippen LogP contribution in [0.4, 0.5) is 35.1 Å². The molecular formula is C25H17F8N3. The molecule has 36 heavy (non-hydrogen) atoms. The minimum absolute atomic E-state index is 0.0465. The molecule has 1 aromatic heterocycles. The van der Waals surface area contributed by atoms with E-state index in [-0.39, 0.29) is 22.9 Å². The lowest BCUT2D eigenvalue weighted by atomic mass is 9.72. The molecule has 0 atom stereocenters. The van der Waals surface area contributed by atoms with E-state index >= 15 is 0 Å². The summed E-state index contributed by atoms with van der Waals surface area (Å²) >= 11 is 0. The highest BCUT2D eigenvalue weighted by Crippen LogP contribution is 2.56. The minimum atomic E-state index is -5.73. The SMILES string of the molecule is Cc1ccc(C(c2ccc(-c3nnc(C)n3-c3cc(F)ccc3F)cc2)(C(F)(F)F)C(F)(F)F)cc1. The number of hydrogen-bond donors (Lipinski definition) is 0. The smallest absolute Gasteiger partial charge is 0.276 e. The third kappa shape index (κ3) is 4.02. The average Bonchev–Trinajstić information content (AvgIpc) is 3.17. The maximum absolute atomic E-state index is 14.4. The van der Waals surface area contributed by atoms with E-state index in [1.54, 1.807) is 6.92 Å². The summed E-state index contributed by atoms with van der Waals surface area (Å²) < 4.78 is 115. The Bertz CT molecular complexity index is 1370. The number of rotatable bonds is 4. The van der Waals surface area contributed by atoms with Crippen LogP contribution in [-0.4, -0.2) is 27.1 Å². The monoisotopic (exact) mass is 511 g/mol. The van der Waals surface area contributed by atoms with Crippen LogP contribution >= 0.6 is 0 Å². The first-order valence-electron chi connectivity index (χ1n) is 10.5. The third-order valence-corrected chi connectivity index (χ3v) is 5.89. The molecule has 0 aliphatic rings. The highest BCUT2D eigenvalue weighted by Gasteiger charge is 2.72. The molecule has 0 aliphatic carbocycles. The fraction of sp³-hybridized carbons (Fsp3) is 0.200. The van der Waals surface area contributed by atoms with Gasteiger partial charge in [0, 0.05) is 11.6 Å². The molecule has 11 heteroatoms. The Morgan fingerprint density at radius 3 is 1.72 bits per heavy atom. The molecule has 0 saturated heterocycles. The van der Waals surface area contributed by atoms with Crippen LogP contribution in [0.25, 0.3) is 17.1 Å². The molecular weight excluding hydrogens is 494 g/mol.